The van der Waals surface area contributed by atoms with Crippen molar-refractivity contribution in [3.63, 3.8) is 0 Å². The van der Waals surface area contributed by atoms with Gasteiger partial charge < -0.3 is 20.1 Å². The second-order valence-electron chi connectivity index (χ2n) is 2.76. The molecule has 0 radical (unpaired) electrons. The highest BCUT2D eigenvalue weighted by molar-refractivity contribution is 5.54. The highest BCUT2D eigenvalue weighted by Crippen LogP contribution is 2.24. The molecule has 1 atom stereocenters. The fourth-order valence-corrected chi connectivity index (χ4v) is 0.726. The van der Waals surface area contributed by atoms with Crippen LogP contribution in [0, 0.1) is 11.3 Å². The van der Waals surface area contributed by atoms with E-state index in [9.17, 15) is 4.79 Å². The summed E-state index contributed by atoms with van der Waals surface area (Å²) >= 11 is 0. The molecule has 3 N–H and O–H groups in total. The van der Waals surface area contributed by atoms with E-state index in [2.05, 4.69) is 0 Å². The third-order valence-electron chi connectivity index (χ3n) is 2.11. The van der Waals surface area contributed by atoms with Crippen LogP contribution < -0.4 is 0 Å². The molecule has 11 heavy (non-hydrogen) atoms. The van der Waals surface area contributed by atoms with Gasteiger partial charge in [0.1, 0.15) is 6.29 Å². The van der Waals surface area contributed by atoms with Crippen molar-refractivity contribution in [2.75, 3.05) is 19.8 Å². The molecule has 0 aliphatic carbocycles. The molecule has 0 saturated heterocycles. The molecule has 0 aliphatic heterocycles. The van der Waals surface area contributed by atoms with Crippen molar-refractivity contribution in [3.8, 4) is 0 Å². The van der Waals surface area contributed by atoms with Crippen LogP contribution in [0.15, 0.2) is 0 Å². The number of hydrogen-bond acceptors (Lipinski definition) is 4. The molecule has 4 heteroatoms. The van der Waals surface area contributed by atoms with E-state index in [4.69, 9.17) is 15.3 Å². The van der Waals surface area contributed by atoms with Crippen molar-refractivity contribution >= 4 is 6.29 Å². The summed E-state index contributed by atoms with van der Waals surface area (Å²) in [6, 6.07) is 0. The molecular weight excluding hydrogens is 148 g/mol. The van der Waals surface area contributed by atoms with Crippen LogP contribution in [0.25, 0.3) is 0 Å². The molecule has 0 bridgehead atoms. The van der Waals surface area contributed by atoms with E-state index in [-0.39, 0.29) is 19.8 Å². The Morgan fingerprint density at radius 1 is 1.27 bits per heavy atom. The molecular formula is C7H14O4. The molecule has 4 nitrogen and oxygen atoms in total. The molecule has 1 unspecified atom stereocenters. The van der Waals surface area contributed by atoms with Crippen LogP contribution in [0.5, 0.6) is 0 Å². The first kappa shape index (κ1) is 10.6. The molecule has 0 aromatic heterocycles. The van der Waals surface area contributed by atoms with Gasteiger partial charge in [0.2, 0.25) is 0 Å². The Labute approximate surface area is 65.5 Å². The molecule has 0 spiro atoms. The van der Waals surface area contributed by atoms with Gasteiger partial charge >= 0.3 is 0 Å². The second-order valence-corrected chi connectivity index (χ2v) is 2.76. The maximum absolute atomic E-state index is 10.3. The van der Waals surface area contributed by atoms with Crippen LogP contribution in [-0.2, 0) is 4.79 Å². The lowest BCUT2D eigenvalue weighted by atomic mass is 9.79. The third-order valence-corrected chi connectivity index (χ3v) is 2.11. The zero-order chi connectivity index (χ0) is 8.91. The Bertz CT molecular complexity index is 111. The second kappa shape index (κ2) is 4.43. The molecule has 0 heterocycles. The lowest BCUT2D eigenvalue weighted by Gasteiger charge is -2.30. The molecule has 66 valence electrons. The predicted molar refractivity (Wildman–Crippen MR) is 38.9 cm³/mol. The van der Waals surface area contributed by atoms with Crippen molar-refractivity contribution in [2.24, 2.45) is 11.3 Å². The summed E-state index contributed by atoms with van der Waals surface area (Å²) < 4.78 is 0. The number of carbonyl (C=O) groups is 1. The summed E-state index contributed by atoms with van der Waals surface area (Å²) in [6.45, 7) is 0.384. The molecule has 0 rings (SSSR count). The summed E-state index contributed by atoms with van der Waals surface area (Å²) in [6.07, 6.45) is 0.614. The Hall–Kier alpha value is -0.450. The standard InChI is InChI=1S/C7H14O4/c1-6(2-8)7(3-9,4-10)5-11/h2,6,9-11H,3-5H2,1H3. The predicted octanol–water partition coefficient (Wildman–Crippen LogP) is -1.22. The molecule has 0 aromatic rings. The zero-order valence-electron chi connectivity index (χ0n) is 6.53. The van der Waals surface area contributed by atoms with E-state index >= 15 is 0 Å². The van der Waals surface area contributed by atoms with Gasteiger partial charge in [-0.25, -0.2) is 0 Å². The van der Waals surface area contributed by atoms with Gasteiger partial charge in [0, 0.05) is 11.3 Å². The van der Waals surface area contributed by atoms with E-state index in [0.29, 0.717) is 6.29 Å². The minimum atomic E-state index is -1.07. The lowest BCUT2D eigenvalue weighted by Crippen LogP contribution is -2.40. The van der Waals surface area contributed by atoms with Crippen molar-refractivity contribution in [1.82, 2.24) is 0 Å². The third kappa shape index (κ3) is 1.99. The topological polar surface area (TPSA) is 77.8 Å². The van der Waals surface area contributed by atoms with E-state index in [1.807, 2.05) is 0 Å². The van der Waals surface area contributed by atoms with Crippen LogP contribution in [0.3, 0.4) is 0 Å². The van der Waals surface area contributed by atoms with E-state index in [1.54, 1.807) is 6.92 Å². The minimum absolute atomic E-state index is 0.389. The maximum atomic E-state index is 10.3. The van der Waals surface area contributed by atoms with Crippen LogP contribution >= 0.6 is 0 Å². The van der Waals surface area contributed by atoms with Gasteiger partial charge in [-0.2, -0.15) is 0 Å². The highest BCUT2D eigenvalue weighted by atomic mass is 16.3. The zero-order valence-corrected chi connectivity index (χ0v) is 6.53. The molecule has 0 saturated carbocycles. The Kier molecular flexibility index (Phi) is 4.25. The number of carbonyl (C=O) groups excluding carboxylic acids is 1. The maximum Gasteiger partial charge on any atom is 0.123 e. The number of aldehydes is 1. The summed E-state index contributed by atoms with van der Waals surface area (Å²) in [4.78, 5) is 10.3. The lowest BCUT2D eigenvalue weighted by molar-refractivity contribution is -0.120. The molecule has 0 fully saturated rings. The van der Waals surface area contributed by atoms with E-state index < -0.39 is 11.3 Å². The van der Waals surface area contributed by atoms with Crippen LogP contribution in [0.1, 0.15) is 6.92 Å². The van der Waals surface area contributed by atoms with Crippen molar-refractivity contribution < 1.29 is 20.1 Å². The monoisotopic (exact) mass is 162 g/mol. The van der Waals surface area contributed by atoms with Gasteiger partial charge in [-0.15, -0.1) is 0 Å². The number of hydrogen-bond donors (Lipinski definition) is 3. The van der Waals surface area contributed by atoms with Crippen LogP contribution in [0.2, 0.25) is 0 Å². The molecule has 0 aliphatic rings. The van der Waals surface area contributed by atoms with Gasteiger partial charge in [-0.1, -0.05) is 6.92 Å². The Balaban J connectivity index is 4.38. The fourth-order valence-electron chi connectivity index (χ4n) is 0.726. The van der Waals surface area contributed by atoms with Crippen LogP contribution in [0.4, 0.5) is 0 Å². The van der Waals surface area contributed by atoms with Gasteiger partial charge in [0.05, 0.1) is 19.8 Å². The smallest absolute Gasteiger partial charge is 0.123 e. The normalized spacial score (nSPS) is 14.5. The largest absolute Gasteiger partial charge is 0.396 e. The molecule has 0 amide bonds. The summed E-state index contributed by atoms with van der Waals surface area (Å²) in [5.41, 5.74) is -1.07. The molecule has 0 aromatic carbocycles. The fraction of sp³-hybridized carbons (Fsp3) is 0.857. The first-order valence-corrected chi connectivity index (χ1v) is 3.44. The quantitative estimate of drug-likeness (QED) is 0.443. The first-order valence-electron chi connectivity index (χ1n) is 3.44. The van der Waals surface area contributed by atoms with E-state index in [1.165, 1.54) is 0 Å². The number of rotatable bonds is 5. The SMILES string of the molecule is CC(C=O)C(CO)(CO)CO. The van der Waals surface area contributed by atoms with Gasteiger partial charge in [-0.3, -0.25) is 0 Å². The van der Waals surface area contributed by atoms with Gasteiger partial charge in [0.25, 0.3) is 0 Å². The van der Waals surface area contributed by atoms with Gasteiger partial charge in [-0.05, 0) is 0 Å². The van der Waals surface area contributed by atoms with Crippen molar-refractivity contribution in [3.05, 3.63) is 0 Å². The first-order chi connectivity index (χ1) is 5.16. The summed E-state index contributed by atoms with van der Waals surface area (Å²) in [5.74, 6) is -0.539. The average Bonchev–Trinajstić information content (AvgIpc) is 2.08. The number of aliphatic hydroxyl groups is 3. The van der Waals surface area contributed by atoms with Gasteiger partial charge in [0.15, 0.2) is 0 Å². The van der Waals surface area contributed by atoms with Crippen molar-refractivity contribution in [1.29, 1.82) is 0 Å². The van der Waals surface area contributed by atoms with Crippen molar-refractivity contribution in [2.45, 2.75) is 6.92 Å². The van der Waals surface area contributed by atoms with E-state index in [0.717, 1.165) is 0 Å². The highest BCUT2D eigenvalue weighted by Gasteiger charge is 2.34. The van der Waals surface area contributed by atoms with Crippen LogP contribution in [-0.4, -0.2) is 41.4 Å². The minimum Gasteiger partial charge on any atom is -0.396 e. The Morgan fingerprint density at radius 2 is 1.64 bits per heavy atom. The number of aliphatic hydroxyl groups excluding tert-OH is 3. The summed E-state index contributed by atoms with van der Waals surface area (Å²) in [7, 11) is 0. The Morgan fingerprint density at radius 3 is 1.73 bits per heavy atom. The summed E-state index contributed by atoms with van der Waals surface area (Å²) in [5, 5.41) is 26.4. The average molecular weight is 162 g/mol.